The average molecular weight is 433 g/mol. The molecule has 1 aliphatic rings. The van der Waals surface area contributed by atoms with Gasteiger partial charge in [0.25, 0.3) is 5.91 Å². The quantitative estimate of drug-likeness (QED) is 0.589. The molecule has 0 bridgehead atoms. The maximum Gasteiger partial charge on any atom is 0.258 e. The molecule has 0 saturated carbocycles. The van der Waals surface area contributed by atoms with Crippen LogP contribution in [0, 0.1) is 0 Å². The van der Waals surface area contributed by atoms with Crippen molar-refractivity contribution in [2.45, 2.75) is 19.9 Å². The third-order valence-corrected chi connectivity index (χ3v) is 6.39. The molecule has 1 amide bonds. The third kappa shape index (κ3) is 4.92. The lowest BCUT2D eigenvalue weighted by molar-refractivity contribution is -0.123. The van der Waals surface area contributed by atoms with E-state index in [9.17, 15) is 4.79 Å². The van der Waals surface area contributed by atoms with Crippen LogP contribution in [-0.4, -0.2) is 60.2 Å². The van der Waals surface area contributed by atoms with Crippen molar-refractivity contribution in [3.8, 4) is 16.3 Å². The molecule has 3 aromatic heterocycles. The Labute approximate surface area is 177 Å². The van der Waals surface area contributed by atoms with Gasteiger partial charge in [-0.1, -0.05) is 13.0 Å². The summed E-state index contributed by atoms with van der Waals surface area (Å²) in [5.41, 5.74) is 1.06. The predicted octanol–water partition coefficient (Wildman–Crippen LogP) is 3.16. The van der Waals surface area contributed by atoms with Gasteiger partial charge in [-0.3, -0.25) is 9.69 Å². The van der Waals surface area contributed by atoms with Gasteiger partial charge in [-0.25, -0.2) is 4.98 Å². The third-order valence-electron chi connectivity index (χ3n) is 4.61. The first-order chi connectivity index (χ1) is 14.2. The Balaban J connectivity index is 1.63. The number of rotatable bonds is 8. The summed E-state index contributed by atoms with van der Waals surface area (Å²) < 4.78 is 11.3. The Morgan fingerprint density at radius 3 is 2.93 bits per heavy atom. The predicted molar refractivity (Wildman–Crippen MR) is 116 cm³/mol. The lowest BCUT2D eigenvalue weighted by atomic mass is 10.2. The molecular weight excluding hydrogens is 408 g/mol. The van der Waals surface area contributed by atoms with Crippen LogP contribution in [0.15, 0.2) is 22.9 Å². The molecule has 1 saturated heterocycles. The van der Waals surface area contributed by atoms with Gasteiger partial charge < -0.3 is 14.8 Å². The number of ether oxygens (including phenoxy) is 2. The molecule has 154 valence electrons. The number of carbonyl (C=O) groups is 1. The maximum atomic E-state index is 12.1. The lowest BCUT2D eigenvalue weighted by Crippen LogP contribution is -2.36. The van der Waals surface area contributed by atoms with Gasteiger partial charge in [0.2, 0.25) is 5.88 Å². The molecule has 3 aromatic rings. The molecule has 1 N–H and O–H groups in total. The first-order valence-electron chi connectivity index (χ1n) is 9.76. The van der Waals surface area contributed by atoms with Gasteiger partial charge in [0.05, 0.1) is 25.1 Å². The number of nitrogens with one attached hydrogen (secondary N) is 1. The SMILES string of the molecule is CCCNC(=O)COc1nc(CN2CCOCC2)nc2scc(-c3cccs3)c12. The first kappa shape index (κ1) is 20.2. The molecule has 1 fully saturated rings. The van der Waals surface area contributed by atoms with Gasteiger partial charge in [0.15, 0.2) is 6.61 Å². The number of hydrogen-bond donors (Lipinski definition) is 1. The van der Waals surface area contributed by atoms with E-state index in [0.717, 1.165) is 53.4 Å². The first-order valence-corrected chi connectivity index (χ1v) is 11.5. The lowest BCUT2D eigenvalue weighted by Gasteiger charge is -2.25. The van der Waals surface area contributed by atoms with Crippen molar-refractivity contribution in [2.75, 3.05) is 39.5 Å². The highest BCUT2D eigenvalue weighted by Crippen LogP contribution is 2.39. The fraction of sp³-hybridized carbons (Fsp3) is 0.450. The Kier molecular flexibility index (Phi) is 6.70. The Hall–Kier alpha value is -2.07. The Morgan fingerprint density at radius 1 is 1.31 bits per heavy atom. The Bertz CT molecular complexity index is 952. The van der Waals surface area contributed by atoms with Crippen molar-refractivity contribution in [2.24, 2.45) is 0 Å². The zero-order chi connectivity index (χ0) is 20.1. The topological polar surface area (TPSA) is 76.6 Å². The van der Waals surface area contributed by atoms with Crippen molar-refractivity contribution >= 4 is 38.8 Å². The second-order valence-corrected chi connectivity index (χ2v) is 8.58. The van der Waals surface area contributed by atoms with Crippen molar-refractivity contribution in [3.05, 3.63) is 28.7 Å². The molecule has 4 rings (SSSR count). The average Bonchev–Trinajstić information content (AvgIpc) is 3.41. The van der Waals surface area contributed by atoms with Crippen LogP contribution in [0.2, 0.25) is 0 Å². The molecule has 29 heavy (non-hydrogen) atoms. The molecule has 0 unspecified atom stereocenters. The number of carbonyl (C=O) groups excluding carboxylic acids is 1. The molecule has 0 radical (unpaired) electrons. The van der Waals surface area contributed by atoms with E-state index >= 15 is 0 Å². The molecule has 1 aliphatic heterocycles. The number of morpholine rings is 1. The van der Waals surface area contributed by atoms with E-state index in [4.69, 9.17) is 19.4 Å². The highest BCUT2D eigenvalue weighted by atomic mass is 32.1. The van der Waals surface area contributed by atoms with Gasteiger partial charge in [-0.2, -0.15) is 4.98 Å². The molecule has 7 nitrogen and oxygen atoms in total. The maximum absolute atomic E-state index is 12.1. The molecule has 0 aromatic carbocycles. The van der Waals surface area contributed by atoms with Gasteiger partial charge in [-0.05, 0) is 17.9 Å². The van der Waals surface area contributed by atoms with Gasteiger partial charge >= 0.3 is 0 Å². The molecule has 0 aliphatic carbocycles. The van der Waals surface area contributed by atoms with Crippen LogP contribution in [0.25, 0.3) is 20.7 Å². The highest BCUT2D eigenvalue weighted by molar-refractivity contribution is 7.18. The molecule has 0 atom stereocenters. The normalized spacial score (nSPS) is 14.9. The van der Waals surface area contributed by atoms with E-state index in [1.807, 2.05) is 18.4 Å². The minimum absolute atomic E-state index is 0.0527. The fourth-order valence-electron chi connectivity index (χ4n) is 3.15. The van der Waals surface area contributed by atoms with Crippen molar-refractivity contribution in [1.82, 2.24) is 20.2 Å². The number of nitrogens with zero attached hydrogens (tertiary/aromatic N) is 3. The second kappa shape index (κ2) is 9.62. The number of amides is 1. The minimum atomic E-state index is -0.138. The van der Waals surface area contributed by atoms with Crippen molar-refractivity contribution in [3.63, 3.8) is 0 Å². The summed E-state index contributed by atoms with van der Waals surface area (Å²) in [5, 5.41) is 7.86. The summed E-state index contributed by atoms with van der Waals surface area (Å²) in [5.74, 6) is 1.05. The molecule has 4 heterocycles. The van der Waals surface area contributed by atoms with Crippen LogP contribution in [0.4, 0.5) is 0 Å². The fourth-order valence-corrected chi connectivity index (χ4v) is 4.92. The van der Waals surface area contributed by atoms with E-state index in [0.29, 0.717) is 24.8 Å². The second-order valence-electron chi connectivity index (χ2n) is 6.78. The summed E-state index contributed by atoms with van der Waals surface area (Å²) in [6.07, 6.45) is 0.889. The minimum Gasteiger partial charge on any atom is -0.467 e. The zero-order valence-corrected chi connectivity index (χ0v) is 18.0. The number of fused-ring (bicyclic) bond motifs is 1. The van der Waals surface area contributed by atoms with E-state index in [-0.39, 0.29) is 12.5 Å². The van der Waals surface area contributed by atoms with Crippen LogP contribution in [0.1, 0.15) is 19.2 Å². The van der Waals surface area contributed by atoms with Gasteiger partial charge in [0.1, 0.15) is 10.7 Å². The van der Waals surface area contributed by atoms with Crippen LogP contribution in [0.3, 0.4) is 0 Å². The monoisotopic (exact) mass is 432 g/mol. The number of hydrogen-bond acceptors (Lipinski definition) is 8. The Morgan fingerprint density at radius 2 is 2.17 bits per heavy atom. The zero-order valence-electron chi connectivity index (χ0n) is 16.3. The molecular formula is C20H24N4O3S2. The van der Waals surface area contributed by atoms with Crippen molar-refractivity contribution in [1.29, 1.82) is 0 Å². The van der Waals surface area contributed by atoms with Crippen molar-refractivity contribution < 1.29 is 14.3 Å². The number of thiophene rings is 2. The van der Waals surface area contributed by atoms with Crippen LogP contribution in [0.5, 0.6) is 5.88 Å². The van der Waals surface area contributed by atoms with E-state index in [1.54, 1.807) is 22.7 Å². The van der Waals surface area contributed by atoms with Crippen LogP contribution >= 0.6 is 22.7 Å². The summed E-state index contributed by atoms with van der Waals surface area (Å²) in [4.78, 5) is 25.9. The standard InChI is InChI=1S/C20H24N4O3S2/c1-2-5-21-17(25)12-27-19-18-14(15-4-3-10-28-15)13-29-20(18)23-16(22-19)11-24-6-8-26-9-7-24/h3-4,10,13H,2,5-9,11-12H2,1H3,(H,21,25). The number of aromatic nitrogens is 2. The van der Waals surface area contributed by atoms with E-state index in [1.165, 1.54) is 0 Å². The smallest absolute Gasteiger partial charge is 0.258 e. The summed E-state index contributed by atoms with van der Waals surface area (Å²) >= 11 is 3.25. The van der Waals surface area contributed by atoms with E-state index < -0.39 is 0 Å². The summed E-state index contributed by atoms with van der Waals surface area (Å²) in [6.45, 7) is 6.43. The van der Waals surface area contributed by atoms with Gasteiger partial charge in [-0.15, -0.1) is 22.7 Å². The molecule has 9 heteroatoms. The summed E-state index contributed by atoms with van der Waals surface area (Å²) in [6, 6.07) is 4.10. The largest absolute Gasteiger partial charge is 0.467 e. The van der Waals surface area contributed by atoms with E-state index in [2.05, 4.69) is 21.7 Å². The van der Waals surface area contributed by atoms with Crippen LogP contribution in [-0.2, 0) is 16.1 Å². The van der Waals surface area contributed by atoms with Gasteiger partial charge in [0, 0.05) is 35.5 Å². The highest BCUT2D eigenvalue weighted by Gasteiger charge is 2.20. The molecule has 0 spiro atoms. The summed E-state index contributed by atoms with van der Waals surface area (Å²) in [7, 11) is 0. The van der Waals surface area contributed by atoms with Crippen LogP contribution < -0.4 is 10.1 Å².